The maximum absolute atomic E-state index is 12.7. The van der Waals surface area contributed by atoms with Crippen molar-refractivity contribution < 1.29 is 9.90 Å². The predicted octanol–water partition coefficient (Wildman–Crippen LogP) is 3.88. The summed E-state index contributed by atoms with van der Waals surface area (Å²) in [6, 6.07) is 9.57. The number of nitrogens with one attached hydrogen (secondary N) is 1. The van der Waals surface area contributed by atoms with Crippen molar-refractivity contribution in [3.8, 4) is 0 Å². The number of pyridine rings is 1. The number of carbonyl (C=O) groups excluding carboxylic acids is 1. The van der Waals surface area contributed by atoms with Gasteiger partial charge in [-0.25, -0.2) is 9.78 Å². The highest BCUT2D eigenvalue weighted by atomic mass is 35.5. The first-order valence-corrected chi connectivity index (χ1v) is 9.92. The van der Waals surface area contributed by atoms with Gasteiger partial charge in [-0.05, 0) is 37.6 Å². The molecule has 2 atom stereocenters. The van der Waals surface area contributed by atoms with Gasteiger partial charge in [0.2, 0.25) is 0 Å². The van der Waals surface area contributed by atoms with E-state index in [9.17, 15) is 9.90 Å². The van der Waals surface area contributed by atoms with Crippen LogP contribution in [0.1, 0.15) is 30.9 Å². The van der Waals surface area contributed by atoms with Gasteiger partial charge in [0.25, 0.3) is 0 Å². The van der Waals surface area contributed by atoms with E-state index in [0.29, 0.717) is 24.7 Å². The van der Waals surface area contributed by atoms with Crippen LogP contribution in [-0.4, -0.2) is 53.3 Å². The first kappa shape index (κ1) is 20.4. The van der Waals surface area contributed by atoms with Gasteiger partial charge >= 0.3 is 6.03 Å². The second-order valence-corrected chi connectivity index (χ2v) is 7.85. The molecule has 0 saturated carbocycles. The maximum Gasteiger partial charge on any atom is 0.322 e. The topological polar surface area (TPSA) is 68.7 Å². The Hall–Kier alpha value is -2.31. The molecule has 1 fully saturated rings. The number of anilines is 2. The Morgan fingerprint density at radius 2 is 2.07 bits per heavy atom. The lowest BCUT2D eigenvalue weighted by Crippen LogP contribution is -2.55. The summed E-state index contributed by atoms with van der Waals surface area (Å²) in [6.45, 7) is 7.94. The van der Waals surface area contributed by atoms with Crippen molar-refractivity contribution in [2.75, 3.05) is 36.5 Å². The standard InChI is InChI=1S/C21H27ClN4O2/c1-14-4-6-18(7-5-14)24-21(28)26-9-8-25(12-16(26)3)20-19(22)10-17(11-23-20)15(2)13-27/h4-7,10-11,15-16,27H,8-9,12-13H2,1-3H3,(H,24,28)/t15-,16-/m1/s1. The van der Waals surface area contributed by atoms with Gasteiger partial charge in [0.15, 0.2) is 0 Å². The summed E-state index contributed by atoms with van der Waals surface area (Å²) < 4.78 is 0. The van der Waals surface area contributed by atoms with Crippen LogP contribution in [0.2, 0.25) is 5.02 Å². The van der Waals surface area contributed by atoms with Gasteiger partial charge in [0.05, 0.1) is 5.02 Å². The lowest BCUT2D eigenvalue weighted by Gasteiger charge is -2.40. The zero-order valence-corrected chi connectivity index (χ0v) is 17.3. The molecular formula is C21H27ClN4O2. The number of hydrogen-bond donors (Lipinski definition) is 2. The molecule has 28 heavy (non-hydrogen) atoms. The van der Waals surface area contributed by atoms with Crippen molar-refractivity contribution >= 4 is 29.1 Å². The SMILES string of the molecule is Cc1ccc(NC(=O)N2CCN(c3ncc([C@H](C)CO)cc3Cl)C[C@H]2C)cc1. The van der Waals surface area contributed by atoms with Crippen LogP contribution in [0, 0.1) is 6.92 Å². The minimum atomic E-state index is -0.0952. The zero-order chi connectivity index (χ0) is 20.3. The quantitative estimate of drug-likeness (QED) is 0.814. The highest BCUT2D eigenvalue weighted by molar-refractivity contribution is 6.33. The van der Waals surface area contributed by atoms with Crippen molar-refractivity contribution in [3.63, 3.8) is 0 Å². The zero-order valence-electron chi connectivity index (χ0n) is 16.5. The number of urea groups is 1. The number of carbonyl (C=O) groups is 1. The van der Waals surface area contributed by atoms with Gasteiger partial charge in [-0.2, -0.15) is 0 Å². The first-order valence-electron chi connectivity index (χ1n) is 9.54. The van der Waals surface area contributed by atoms with E-state index in [-0.39, 0.29) is 24.6 Å². The van der Waals surface area contributed by atoms with Crippen molar-refractivity contribution in [1.82, 2.24) is 9.88 Å². The fraction of sp³-hybridized carbons (Fsp3) is 0.429. The average Bonchev–Trinajstić information content (AvgIpc) is 2.68. The molecule has 0 spiro atoms. The molecule has 1 saturated heterocycles. The molecule has 0 bridgehead atoms. The summed E-state index contributed by atoms with van der Waals surface area (Å²) in [5, 5.41) is 12.8. The summed E-state index contributed by atoms with van der Waals surface area (Å²) >= 11 is 6.45. The van der Waals surface area contributed by atoms with E-state index in [1.165, 1.54) is 0 Å². The highest BCUT2D eigenvalue weighted by Crippen LogP contribution is 2.28. The minimum Gasteiger partial charge on any atom is -0.396 e. The van der Waals surface area contributed by atoms with Crippen LogP contribution in [0.4, 0.5) is 16.3 Å². The number of rotatable bonds is 4. The molecule has 1 aliphatic heterocycles. The number of aromatic nitrogens is 1. The fourth-order valence-corrected chi connectivity index (χ4v) is 3.63. The van der Waals surface area contributed by atoms with E-state index in [2.05, 4.69) is 15.2 Å². The Balaban J connectivity index is 1.64. The lowest BCUT2D eigenvalue weighted by atomic mass is 10.0. The van der Waals surface area contributed by atoms with Gasteiger partial charge in [-0.1, -0.05) is 36.2 Å². The number of halogens is 1. The van der Waals surface area contributed by atoms with Gasteiger partial charge in [0, 0.05) is 50.1 Å². The second kappa shape index (κ2) is 8.80. The van der Waals surface area contributed by atoms with Gasteiger partial charge < -0.3 is 20.2 Å². The highest BCUT2D eigenvalue weighted by Gasteiger charge is 2.29. The molecule has 2 aromatic rings. The van der Waals surface area contributed by atoms with Crippen molar-refractivity contribution in [2.24, 2.45) is 0 Å². The van der Waals surface area contributed by atoms with E-state index in [1.807, 2.05) is 56.0 Å². The van der Waals surface area contributed by atoms with E-state index < -0.39 is 0 Å². The predicted molar refractivity (Wildman–Crippen MR) is 113 cm³/mol. The lowest BCUT2D eigenvalue weighted by molar-refractivity contribution is 0.184. The Morgan fingerprint density at radius 1 is 1.36 bits per heavy atom. The van der Waals surface area contributed by atoms with Gasteiger partial charge in [-0.3, -0.25) is 0 Å². The molecular weight excluding hydrogens is 376 g/mol. The largest absolute Gasteiger partial charge is 0.396 e. The number of benzene rings is 1. The summed E-state index contributed by atoms with van der Waals surface area (Å²) in [6.07, 6.45) is 1.77. The molecule has 1 aromatic heterocycles. The van der Waals surface area contributed by atoms with Gasteiger partial charge in [-0.15, -0.1) is 0 Å². The molecule has 0 aliphatic carbocycles. The number of aliphatic hydroxyl groups excluding tert-OH is 1. The number of aryl methyl sites for hydroxylation is 1. The number of piperazine rings is 1. The van der Waals surface area contributed by atoms with Crippen LogP contribution in [0.25, 0.3) is 0 Å². The normalized spacial score (nSPS) is 18.1. The average molecular weight is 403 g/mol. The third kappa shape index (κ3) is 4.56. The number of amides is 2. The van der Waals surface area contributed by atoms with E-state index >= 15 is 0 Å². The Labute approximate surface area is 171 Å². The Kier molecular flexibility index (Phi) is 6.42. The molecule has 7 heteroatoms. The minimum absolute atomic E-state index is 0.000269. The fourth-order valence-electron chi connectivity index (χ4n) is 3.34. The second-order valence-electron chi connectivity index (χ2n) is 7.44. The van der Waals surface area contributed by atoms with Crippen molar-refractivity contribution in [3.05, 3.63) is 52.7 Å². The van der Waals surface area contributed by atoms with Crippen LogP contribution >= 0.6 is 11.6 Å². The third-order valence-electron chi connectivity index (χ3n) is 5.18. The molecule has 6 nitrogen and oxygen atoms in total. The summed E-state index contributed by atoms with van der Waals surface area (Å²) in [5.74, 6) is 0.723. The molecule has 2 heterocycles. The molecule has 1 aliphatic rings. The molecule has 0 unspecified atom stereocenters. The van der Waals surface area contributed by atoms with Crippen LogP contribution in [0.5, 0.6) is 0 Å². The summed E-state index contributed by atoms with van der Waals surface area (Å²) in [4.78, 5) is 21.1. The molecule has 2 amide bonds. The molecule has 3 rings (SSSR count). The van der Waals surface area contributed by atoms with Crippen LogP contribution < -0.4 is 10.2 Å². The molecule has 0 radical (unpaired) electrons. The van der Waals surface area contributed by atoms with Crippen LogP contribution in [0.15, 0.2) is 36.5 Å². The number of aliphatic hydroxyl groups is 1. The van der Waals surface area contributed by atoms with E-state index in [0.717, 1.165) is 22.6 Å². The first-order chi connectivity index (χ1) is 13.4. The van der Waals surface area contributed by atoms with E-state index in [1.54, 1.807) is 6.20 Å². The van der Waals surface area contributed by atoms with E-state index in [4.69, 9.17) is 11.6 Å². The molecule has 150 valence electrons. The maximum atomic E-state index is 12.7. The van der Waals surface area contributed by atoms with Crippen LogP contribution in [-0.2, 0) is 0 Å². The Bertz CT molecular complexity index is 828. The summed E-state index contributed by atoms with van der Waals surface area (Å²) in [5.41, 5.74) is 2.87. The smallest absolute Gasteiger partial charge is 0.322 e. The Morgan fingerprint density at radius 3 is 2.68 bits per heavy atom. The van der Waals surface area contributed by atoms with Crippen LogP contribution in [0.3, 0.4) is 0 Å². The monoisotopic (exact) mass is 402 g/mol. The van der Waals surface area contributed by atoms with Crippen molar-refractivity contribution in [1.29, 1.82) is 0 Å². The molecule has 2 N–H and O–H groups in total. The third-order valence-corrected chi connectivity index (χ3v) is 5.45. The number of hydrogen-bond acceptors (Lipinski definition) is 4. The van der Waals surface area contributed by atoms with Gasteiger partial charge in [0.1, 0.15) is 5.82 Å². The number of nitrogens with zero attached hydrogens (tertiary/aromatic N) is 3. The summed E-state index contributed by atoms with van der Waals surface area (Å²) in [7, 11) is 0. The molecule has 1 aromatic carbocycles. The van der Waals surface area contributed by atoms with Crippen molar-refractivity contribution in [2.45, 2.75) is 32.7 Å².